The monoisotopic (exact) mass is 235 g/mol. The van der Waals surface area contributed by atoms with Crippen LogP contribution in [0.1, 0.15) is 34.1 Å². The van der Waals surface area contributed by atoms with Crippen molar-refractivity contribution < 1.29 is 0 Å². The summed E-state index contributed by atoms with van der Waals surface area (Å²) in [6.07, 6.45) is 1.28. The Balaban J connectivity index is 3.78. The van der Waals surface area contributed by atoms with Crippen LogP contribution in [-0.4, -0.2) is 29.4 Å². The first-order valence-electron chi connectivity index (χ1n) is 4.67. The van der Waals surface area contributed by atoms with Crippen LogP contribution in [0.3, 0.4) is 0 Å². The van der Waals surface area contributed by atoms with E-state index in [0.717, 1.165) is 11.2 Å². The molecule has 12 heavy (non-hydrogen) atoms. The second-order valence-electron chi connectivity index (χ2n) is 4.55. The molecule has 0 fully saturated rings. The van der Waals surface area contributed by atoms with Gasteiger partial charge in [0.2, 0.25) is 0 Å². The summed E-state index contributed by atoms with van der Waals surface area (Å²) in [5, 5.41) is 1.04. The van der Waals surface area contributed by atoms with Gasteiger partial charge in [-0.05, 0) is 39.8 Å². The van der Waals surface area contributed by atoms with Crippen LogP contribution >= 0.6 is 15.9 Å². The lowest BCUT2D eigenvalue weighted by Crippen LogP contribution is -2.43. The van der Waals surface area contributed by atoms with Crippen LogP contribution in [0.4, 0.5) is 0 Å². The Morgan fingerprint density at radius 3 is 2.17 bits per heavy atom. The summed E-state index contributed by atoms with van der Waals surface area (Å²) >= 11 is 3.54. The van der Waals surface area contributed by atoms with E-state index in [9.17, 15) is 0 Å². The Labute approximate surface area is 85.7 Å². The average molecular weight is 236 g/mol. The molecule has 0 aromatic carbocycles. The van der Waals surface area contributed by atoms with E-state index in [2.05, 4.69) is 55.6 Å². The molecule has 1 nitrogen and oxygen atoms in total. The minimum Gasteiger partial charge on any atom is -0.300 e. The Bertz CT molecular complexity index is 121. The van der Waals surface area contributed by atoms with Gasteiger partial charge in [-0.25, -0.2) is 0 Å². The minimum atomic E-state index is 0.287. The van der Waals surface area contributed by atoms with Crippen molar-refractivity contribution in [2.24, 2.45) is 5.92 Å². The zero-order valence-electron chi connectivity index (χ0n) is 9.02. The van der Waals surface area contributed by atoms with E-state index in [1.54, 1.807) is 0 Å². The van der Waals surface area contributed by atoms with Crippen LogP contribution in [0, 0.1) is 5.92 Å². The third-order valence-corrected chi connectivity index (χ3v) is 3.77. The van der Waals surface area contributed by atoms with Crippen molar-refractivity contribution in [1.82, 2.24) is 4.90 Å². The molecule has 0 aromatic heterocycles. The second-order valence-corrected chi connectivity index (χ2v) is 5.11. The fraction of sp³-hybridized carbons (Fsp3) is 1.00. The molecule has 0 aliphatic heterocycles. The number of rotatable bonds is 5. The smallest absolute Gasteiger partial charge is 0.0246 e. The summed E-state index contributed by atoms with van der Waals surface area (Å²) in [5.74, 6) is 0.804. The molecular weight excluding hydrogens is 214 g/mol. The second kappa shape index (κ2) is 5.23. The molecule has 0 bridgehead atoms. The third-order valence-electron chi connectivity index (χ3n) is 2.40. The molecule has 2 heteroatoms. The quantitative estimate of drug-likeness (QED) is 0.663. The molecule has 0 aromatic rings. The highest BCUT2D eigenvalue weighted by atomic mass is 79.9. The van der Waals surface area contributed by atoms with E-state index in [-0.39, 0.29) is 5.54 Å². The van der Waals surface area contributed by atoms with Gasteiger partial charge in [0.15, 0.2) is 0 Å². The topological polar surface area (TPSA) is 3.24 Å². The number of halogens is 1. The molecule has 0 saturated carbocycles. The van der Waals surface area contributed by atoms with E-state index in [1.165, 1.54) is 13.0 Å². The minimum absolute atomic E-state index is 0.287. The molecule has 0 heterocycles. The zero-order chi connectivity index (χ0) is 9.78. The van der Waals surface area contributed by atoms with Crippen molar-refractivity contribution in [1.29, 1.82) is 0 Å². The number of nitrogens with zero attached hydrogens (tertiary/aromatic N) is 1. The van der Waals surface area contributed by atoms with Gasteiger partial charge in [-0.2, -0.15) is 0 Å². The fourth-order valence-corrected chi connectivity index (χ4v) is 1.28. The highest BCUT2D eigenvalue weighted by Crippen LogP contribution is 2.16. The normalized spacial score (nSPS) is 13.0. The molecule has 0 amide bonds. The van der Waals surface area contributed by atoms with Crippen LogP contribution in [0.15, 0.2) is 0 Å². The summed E-state index contributed by atoms with van der Waals surface area (Å²) in [4.78, 5) is 2.42. The summed E-state index contributed by atoms with van der Waals surface area (Å²) < 4.78 is 0. The number of hydrogen-bond acceptors (Lipinski definition) is 1. The van der Waals surface area contributed by atoms with E-state index >= 15 is 0 Å². The standard InChI is InChI=1S/C10H22BrN/c1-9(2)6-7-12(5)10(3,4)8-11/h9H,6-8H2,1-5H3. The van der Waals surface area contributed by atoms with E-state index < -0.39 is 0 Å². The van der Waals surface area contributed by atoms with Crippen LogP contribution in [-0.2, 0) is 0 Å². The van der Waals surface area contributed by atoms with Gasteiger partial charge in [0.1, 0.15) is 0 Å². The largest absolute Gasteiger partial charge is 0.300 e. The lowest BCUT2D eigenvalue weighted by Gasteiger charge is -2.34. The van der Waals surface area contributed by atoms with Crippen LogP contribution in [0.5, 0.6) is 0 Å². The molecule has 0 N–H and O–H groups in total. The van der Waals surface area contributed by atoms with E-state index in [1.807, 2.05) is 0 Å². The lowest BCUT2D eigenvalue weighted by atomic mass is 10.0. The molecule has 0 saturated heterocycles. The fourth-order valence-electron chi connectivity index (χ4n) is 0.857. The first-order valence-corrected chi connectivity index (χ1v) is 5.79. The Kier molecular flexibility index (Phi) is 5.42. The molecule has 0 unspecified atom stereocenters. The highest BCUT2D eigenvalue weighted by Gasteiger charge is 2.21. The number of alkyl halides is 1. The van der Waals surface area contributed by atoms with Gasteiger partial charge in [-0.3, -0.25) is 0 Å². The van der Waals surface area contributed by atoms with Crippen molar-refractivity contribution in [3.05, 3.63) is 0 Å². The van der Waals surface area contributed by atoms with Gasteiger partial charge in [0, 0.05) is 10.9 Å². The summed E-state index contributed by atoms with van der Waals surface area (Å²) in [7, 11) is 2.20. The van der Waals surface area contributed by atoms with Gasteiger partial charge >= 0.3 is 0 Å². The van der Waals surface area contributed by atoms with Crippen LogP contribution < -0.4 is 0 Å². The Morgan fingerprint density at radius 1 is 1.33 bits per heavy atom. The third kappa shape index (κ3) is 4.46. The van der Waals surface area contributed by atoms with Crippen LogP contribution in [0.25, 0.3) is 0 Å². The van der Waals surface area contributed by atoms with Gasteiger partial charge in [-0.1, -0.05) is 29.8 Å². The first-order chi connectivity index (χ1) is 5.40. The van der Waals surface area contributed by atoms with Crippen molar-refractivity contribution in [2.45, 2.75) is 39.7 Å². The van der Waals surface area contributed by atoms with Gasteiger partial charge in [0.25, 0.3) is 0 Å². The summed E-state index contributed by atoms with van der Waals surface area (Å²) in [6, 6.07) is 0. The van der Waals surface area contributed by atoms with E-state index in [0.29, 0.717) is 0 Å². The molecule has 0 aliphatic rings. The Hall–Kier alpha value is 0.440. The molecule has 0 radical (unpaired) electrons. The molecule has 74 valence electrons. The molecular formula is C10H22BrN. The van der Waals surface area contributed by atoms with Crippen molar-refractivity contribution in [3.63, 3.8) is 0 Å². The highest BCUT2D eigenvalue weighted by molar-refractivity contribution is 9.09. The SMILES string of the molecule is CC(C)CCN(C)C(C)(C)CBr. The average Bonchev–Trinajstić information content (AvgIpc) is 2.00. The maximum Gasteiger partial charge on any atom is 0.0246 e. The molecule has 0 spiro atoms. The maximum absolute atomic E-state index is 3.54. The summed E-state index contributed by atoms with van der Waals surface area (Å²) in [5.41, 5.74) is 0.287. The molecule has 0 rings (SSSR count). The first kappa shape index (κ1) is 12.4. The van der Waals surface area contributed by atoms with Crippen LogP contribution in [0.2, 0.25) is 0 Å². The van der Waals surface area contributed by atoms with E-state index in [4.69, 9.17) is 0 Å². The summed E-state index contributed by atoms with van der Waals surface area (Å²) in [6.45, 7) is 10.3. The Morgan fingerprint density at radius 2 is 1.83 bits per heavy atom. The molecule has 0 atom stereocenters. The van der Waals surface area contributed by atoms with Crippen molar-refractivity contribution >= 4 is 15.9 Å². The van der Waals surface area contributed by atoms with Crippen molar-refractivity contribution in [3.8, 4) is 0 Å². The molecule has 0 aliphatic carbocycles. The predicted molar refractivity (Wildman–Crippen MR) is 60.0 cm³/mol. The van der Waals surface area contributed by atoms with Crippen molar-refractivity contribution in [2.75, 3.05) is 18.9 Å². The van der Waals surface area contributed by atoms with Gasteiger partial charge < -0.3 is 4.90 Å². The van der Waals surface area contributed by atoms with Gasteiger partial charge in [0.05, 0.1) is 0 Å². The lowest BCUT2D eigenvalue weighted by molar-refractivity contribution is 0.173. The zero-order valence-corrected chi connectivity index (χ0v) is 10.6. The predicted octanol–water partition coefficient (Wildman–Crippen LogP) is 3.14. The number of hydrogen-bond donors (Lipinski definition) is 0. The maximum atomic E-state index is 3.54. The van der Waals surface area contributed by atoms with Gasteiger partial charge in [-0.15, -0.1) is 0 Å².